The third-order valence-corrected chi connectivity index (χ3v) is 5.00. The maximum Gasteiger partial charge on any atom is -0.000730 e. The van der Waals surface area contributed by atoms with Gasteiger partial charge in [-0.2, -0.15) is 11.8 Å². The van der Waals surface area contributed by atoms with Crippen LogP contribution in [0, 0.1) is 11.3 Å². The molecule has 2 rings (SSSR count). The van der Waals surface area contributed by atoms with Crippen LogP contribution < -0.4 is 5.32 Å². The zero-order valence-electron chi connectivity index (χ0n) is 7.94. The van der Waals surface area contributed by atoms with Crippen molar-refractivity contribution in [2.45, 2.75) is 26.2 Å². The van der Waals surface area contributed by atoms with Crippen LogP contribution in [0.3, 0.4) is 0 Å². The molecule has 2 saturated heterocycles. The van der Waals surface area contributed by atoms with Crippen LogP contribution in [0.1, 0.15) is 26.2 Å². The molecule has 0 radical (unpaired) electrons. The van der Waals surface area contributed by atoms with Gasteiger partial charge in [-0.15, -0.1) is 0 Å². The van der Waals surface area contributed by atoms with Gasteiger partial charge >= 0.3 is 0 Å². The molecule has 2 unspecified atom stereocenters. The van der Waals surface area contributed by atoms with E-state index in [9.17, 15) is 0 Å². The molecule has 2 heteroatoms. The lowest BCUT2D eigenvalue weighted by molar-refractivity contribution is 0.133. The number of hydrogen-bond donors (Lipinski definition) is 1. The van der Waals surface area contributed by atoms with Crippen molar-refractivity contribution < 1.29 is 0 Å². The highest BCUT2D eigenvalue weighted by Gasteiger charge is 2.38. The van der Waals surface area contributed by atoms with Crippen LogP contribution in [0.2, 0.25) is 0 Å². The Bertz CT molecular complexity index is 144. The second-order valence-corrected chi connectivity index (χ2v) is 5.48. The molecule has 0 aromatic heterocycles. The minimum absolute atomic E-state index is 0.716. The standard InChI is InChI=1S/C10H19NS/c1-9-7-11-5-4-10(9)3-2-6-12-8-10/h9,11H,2-8H2,1H3. The summed E-state index contributed by atoms with van der Waals surface area (Å²) in [6.07, 6.45) is 4.36. The maximum atomic E-state index is 3.50. The van der Waals surface area contributed by atoms with Crippen LogP contribution in [0.5, 0.6) is 0 Å². The summed E-state index contributed by atoms with van der Waals surface area (Å²) in [5, 5.41) is 3.50. The van der Waals surface area contributed by atoms with Gasteiger partial charge in [-0.05, 0) is 55.2 Å². The number of hydrogen-bond acceptors (Lipinski definition) is 2. The summed E-state index contributed by atoms with van der Waals surface area (Å²) in [4.78, 5) is 0. The first-order valence-electron chi connectivity index (χ1n) is 5.12. The van der Waals surface area contributed by atoms with E-state index in [2.05, 4.69) is 24.0 Å². The molecule has 1 nitrogen and oxygen atoms in total. The maximum absolute atomic E-state index is 3.50. The van der Waals surface area contributed by atoms with Crippen molar-refractivity contribution in [2.24, 2.45) is 11.3 Å². The van der Waals surface area contributed by atoms with Crippen molar-refractivity contribution >= 4 is 11.8 Å². The van der Waals surface area contributed by atoms with E-state index in [-0.39, 0.29) is 0 Å². The molecule has 0 aliphatic carbocycles. The van der Waals surface area contributed by atoms with E-state index >= 15 is 0 Å². The second kappa shape index (κ2) is 3.59. The molecule has 1 spiro atoms. The Morgan fingerprint density at radius 1 is 1.42 bits per heavy atom. The number of rotatable bonds is 0. The molecule has 2 aliphatic heterocycles. The molecule has 2 heterocycles. The van der Waals surface area contributed by atoms with Crippen molar-refractivity contribution in [1.82, 2.24) is 5.32 Å². The van der Waals surface area contributed by atoms with Gasteiger partial charge < -0.3 is 5.32 Å². The van der Waals surface area contributed by atoms with E-state index in [1.54, 1.807) is 0 Å². The lowest BCUT2D eigenvalue weighted by Crippen LogP contribution is -2.46. The fraction of sp³-hybridized carbons (Fsp3) is 1.00. The predicted molar refractivity (Wildman–Crippen MR) is 55.6 cm³/mol. The molecule has 2 fully saturated rings. The van der Waals surface area contributed by atoms with E-state index in [1.807, 2.05) is 0 Å². The van der Waals surface area contributed by atoms with Gasteiger partial charge in [0.25, 0.3) is 0 Å². The van der Waals surface area contributed by atoms with Crippen molar-refractivity contribution in [3.8, 4) is 0 Å². The average Bonchev–Trinajstić information content (AvgIpc) is 2.12. The summed E-state index contributed by atoms with van der Waals surface area (Å²) in [5.74, 6) is 3.73. The monoisotopic (exact) mass is 185 g/mol. The molecular formula is C10H19NS. The van der Waals surface area contributed by atoms with Gasteiger partial charge in [0.1, 0.15) is 0 Å². The lowest BCUT2D eigenvalue weighted by Gasteiger charge is -2.45. The molecule has 70 valence electrons. The number of nitrogens with one attached hydrogen (secondary N) is 1. The fourth-order valence-corrected chi connectivity index (χ4v) is 4.05. The Balaban J connectivity index is 2.04. The van der Waals surface area contributed by atoms with E-state index in [1.165, 1.54) is 43.9 Å². The topological polar surface area (TPSA) is 12.0 Å². The molecule has 12 heavy (non-hydrogen) atoms. The largest absolute Gasteiger partial charge is 0.316 e. The fourth-order valence-electron chi connectivity index (χ4n) is 2.58. The van der Waals surface area contributed by atoms with E-state index < -0.39 is 0 Å². The normalized spacial score (nSPS) is 43.2. The molecule has 1 N–H and O–H groups in total. The summed E-state index contributed by atoms with van der Waals surface area (Å²) in [7, 11) is 0. The molecular weight excluding hydrogens is 166 g/mol. The Morgan fingerprint density at radius 2 is 2.33 bits per heavy atom. The minimum Gasteiger partial charge on any atom is -0.316 e. The smallest absolute Gasteiger partial charge is 0.000730 e. The van der Waals surface area contributed by atoms with Crippen LogP contribution in [0.4, 0.5) is 0 Å². The van der Waals surface area contributed by atoms with Crippen molar-refractivity contribution in [3.63, 3.8) is 0 Å². The molecule has 0 aromatic carbocycles. The van der Waals surface area contributed by atoms with Crippen LogP contribution in [0.15, 0.2) is 0 Å². The third-order valence-electron chi connectivity index (χ3n) is 3.65. The highest BCUT2D eigenvalue weighted by Crippen LogP contribution is 2.44. The molecule has 0 bridgehead atoms. The van der Waals surface area contributed by atoms with Crippen LogP contribution in [-0.2, 0) is 0 Å². The number of thioether (sulfide) groups is 1. The minimum atomic E-state index is 0.716. The first kappa shape index (κ1) is 8.89. The summed E-state index contributed by atoms with van der Waals surface area (Å²) in [6, 6.07) is 0. The van der Waals surface area contributed by atoms with E-state index in [0.717, 1.165) is 5.92 Å². The molecule has 0 saturated carbocycles. The highest BCUT2D eigenvalue weighted by atomic mass is 32.2. The van der Waals surface area contributed by atoms with E-state index in [0.29, 0.717) is 5.41 Å². The SMILES string of the molecule is CC1CNCCC12CCCSC2. The molecule has 2 atom stereocenters. The van der Waals surface area contributed by atoms with Gasteiger partial charge in [0.15, 0.2) is 0 Å². The zero-order chi connectivity index (χ0) is 8.44. The van der Waals surface area contributed by atoms with Gasteiger partial charge in [-0.3, -0.25) is 0 Å². The highest BCUT2D eigenvalue weighted by molar-refractivity contribution is 7.99. The Kier molecular flexibility index (Phi) is 2.66. The molecule has 2 aliphatic rings. The van der Waals surface area contributed by atoms with Crippen molar-refractivity contribution in [2.75, 3.05) is 24.6 Å². The third kappa shape index (κ3) is 1.51. The molecule has 0 aromatic rings. The predicted octanol–water partition coefficient (Wildman–Crippen LogP) is 2.13. The molecule has 0 amide bonds. The van der Waals surface area contributed by atoms with Gasteiger partial charge in [0.05, 0.1) is 0 Å². The van der Waals surface area contributed by atoms with Gasteiger partial charge in [-0.1, -0.05) is 6.92 Å². The van der Waals surface area contributed by atoms with Gasteiger partial charge in [0.2, 0.25) is 0 Å². The summed E-state index contributed by atoms with van der Waals surface area (Å²) in [5.41, 5.74) is 0.716. The summed E-state index contributed by atoms with van der Waals surface area (Å²) < 4.78 is 0. The lowest BCUT2D eigenvalue weighted by atomic mass is 9.70. The summed E-state index contributed by atoms with van der Waals surface area (Å²) >= 11 is 2.18. The Morgan fingerprint density at radius 3 is 3.00 bits per heavy atom. The average molecular weight is 185 g/mol. The van der Waals surface area contributed by atoms with Gasteiger partial charge in [-0.25, -0.2) is 0 Å². The first-order valence-corrected chi connectivity index (χ1v) is 6.27. The van der Waals surface area contributed by atoms with Crippen LogP contribution in [0.25, 0.3) is 0 Å². The van der Waals surface area contributed by atoms with Crippen molar-refractivity contribution in [3.05, 3.63) is 0 Å². The first-order chi connectivity index (χ1) is 5.83. The second-order valence-electron chi connectivity index (χ2n) is 4.37. The quantitative estimate of drug-likeness (QED) is 0.620. The van der Waals surface area contributed by atoms with Crippen molar-refractivity contribution in [1.29, 1.82) is 0 Å². The Hall–Kier alpha value is 0.310. The van der Waals surface area contributed by atoms with Gasteiger partial charge in [0, 0.05) is 0 Å². The zero-order valence-corrected chi connectivity index (χ0v) is 8.75. The van der Waals surface area contributed by atoms with E-state index in [4.69, 9.17) is 0 Å². The number of piperidine rings is 1. The van der Waals surface area contributed by atoms with Crippen LogP contribution >= 0.6 is 11.8 Å². The Labute approximate surface area is 79.7 Å². The summed E-state index contributed by atoms with van der Waals surface area (Å²) in [6.45, 7) is 4.93. The van der Waals surface area contributed by atoms with Crippen LogP contribution in [-0.4, -0.2) is 24.6 Å².